The second-order valence-electron chi connectivity index (χ2n) is 9.01. The molecule has 0 radical (unpaired) electrons. The van der Waals surface area contributed by atoms with Crippen molar-refractivity contribution < 1.29 is 9.53 Å². The average Bonchev–Trinajstić information content (AvgIpc) is 3.51. The maximum atomic E-state index is 13.4. The zero-order valence-corrected chi connectivity index (χ0v) is 19.2. The molecule has 1 amide bonds. The van der Waals surface area contributed by atoms with Crippen LogP contribution in [-0.4, -0.2) is 75.3 Å². The predicted octanol–water partition coefficient (Wildman–Crippen LogP) is 2.15. The number of amides is 1. The van der Waals surface area contributed by atoms with E-state index in [1.807, 2.05) is 15.6 Å². The first-order chi connectivity index (χ1) is 15.0. The summed E-state index contributed by atoms with van der Waals surface area (Å²) < 4.78 is 7.46. The number of carbonyl (C=O) groups is 1. The number of likely N-dealkylation sites (tertiary alicyclic amines) is 1. The lowest BCUT2D eigenvalue weighted by molar-refractivity contribution is -0.136. The van der Waals surface area contributed by atoms with E-state index in [-0.39, 0.29) is 29.3 Å². The molecule has 3 saturated heterocycles. The summed E-state index contributed by atoms with van der Waals surface area (Å²) in [4.78, 5) is 22.7. The van der Waals surface area contributed by atoms with Crippen LogP contribution < -0.4 is 10.6 Å². The molecule has 4 atom stereocenters. The highest BCUT2D eigenvalue weighted by Crippen LogP contribution is 2.36. The van der Waals surface area contributed by atoms with Crippen LogP contribution in [0.1, 0.15) is 49.4 Å². The highest BCUT2D eigenvalue weighted by atomic mass is 32.2. The van der Waals surface area contributed by atoms with Crippen molar-refractivity contribution in [2.24, 2.45) is 5.73 Å². The molecule has 3 aliphatic rings. The zero-order valence-electron chi connectivity index (χ0n) is 18.4. The minimum atomic E-state index is -0.103. The summed E-state index contributed by atoms with van der Waals surface area (Å²) >= 11 is 1.73. The molecule has 5 heterocycles. The molecule has 0 spiro atoms. The number of thioether (sulfide) groups is 1. The number of aryl methyl sites for hydroxylation is 1. The molecule has 0 aliphatic carbocycles. The van der Waals surface area contributed by atoms with Crippen LogP contribution >= 0.6 is 11.8 Å². The summed E-state index contributed by atoms with van der Waals surface area (Å²) in [5, 5.41) is 4.75. The maximum Gasteiger partial charge on any atom is 0.238 e. The molecule has 0 aromatic carbocycles. The topological polar surface area (TPSA) is 89.0 Å². The van der Waals surface area contributed by atoms with Crippen molar-refractivity contribution in [1.29, 1.82) is 0 Å². The molecule has 168 valence electrons. The van der Waals surface area contributed by atoms with E-state index in [1.54, 1.807) is 18.9 Å². The van der Waals surface area contributed by atoms with Gasteiger partial charge >= 0.3 is 0 Å². The van der Waals surface area contributed by atoms with Gasteiger partial charge in [0.1, 0.15) is 11.1 Å². The molecule has 2 aromatic heterocycles. The molecule has 9 heteroatoms. The van der Waals surface area contributed by atoms with Crippen LogP contribution in [0.15, 0.2) is 12.3 Å². The summed E-state index contributed by atoms with van der Waals surface area (Å²) in [5.74, 6) is 2.18. The Bertz CT molecular complexity index is 965. The van der Waals surface area contributed by atoms with Gasteiger partial charge in [0.2, 0.25) is 5.91 Å². The SMILES string of the molecule is COC1CCSC1C(=O)N1CCCC[C@H]1c1cc2nc(N3CC[C@H](N)C3)c(C)cn2n1. The third-order valence-corrected chi connectivity index (χ3v) is 8.19. The van der Waals surface area contributed by atoms with E-state index >= 15 is 0 Å². The largest absolute Gasteiger partial charge is 0.380 e. The number of ether oxygens (including phenoxy) is 1. The normalized spacial score (nSPS) is 29.3. The monoisotopic (exact) mass is 444 g/mol. The van der Waals surface area contributed by atoms with Crippen molar-refractivity contribution >= 4 is 29.1 Å². The molecule has 8 nitrogen and oxygen atoms in total. The van der Waals surface area contributed by atoms with E-state index in [0.717, 1.165) is 80.2 Å². The van der Waals surface area contributed by atoms with Gasteiger partial charge in [-0.05, 0) is 44.8 Å². The van der Waals surface area contributed by atoms with Gasteiger partial charge in [0.05, 0.1) is 17.8 Å². The molecule has 2 N–H and O–H groups in total. The van der Waals surface area contributed by atoms with Gasteiger partial charge in [-0.1, -0.05) is 0 Å². The quantitative estimate of drug-likeness (QED) is 0.773. The summed E-state index contributed by atoms with van der Waals surface area (Å²) in [6, 6.07) is 2.28. The molecular weight excluding hydrogens is 412 g/mol. The number of hydrogen-bond acceptors (Lipinski definition) is 7. The average molecular weight is 445 g/mol. The van der Waals surface area contributed by atoms with Crippen molar-refractivity contribution in [3.63, 3.8) is 0 Å². The summed E-state index contributed by atoms with van der Waals surface area (Å²) in [6.07, 6.45) is 7.10. The molecular formula is C22H32N6O2S. The fourth-order valence-corrected chi connectivity index (χ4v) is 6.55. The van der Waals surface area contributed by atoms with Crippen LogP contribution in [0.3, 0.4) is 0 Å². The van der Waals surface area contributed by atoms with Crippen molar-refractivity contribution in [3.05, 3.63) is 23.5 Å². The lowest BCUT2D eigenvalue weighted by Gasteiger charge is -2.37. The molecule has 2 unspecified atom stereocenters. The second kappa shape index (κ2) is 8.60. The van der Waals surface area contributed by atoms with Crippen LogP contribution in [0.4, 0.5) is 5.82 Å². The third-order valence-electron chi connectivity index (χ3n) is 6.86. The molecule has 3 aliphatic heterocycles. The van der Waals surface area contributed by atoms with E-state index in [4.69, 9.17) is 20.6 Å². The lowest BCUT2D eigenvalue weighted by atomic mass is 9.98. The van der Waals surface area contributed by atoms with Crippen molar-refractivity contribution in [1.82, 2.24) is 19.5 Å². The van der Waals surface area contributed by atoms with Crippen LogP contribution in [0, 0.1) is 6.92 Å². The first-order valence-corrected chi connectivity index (χ1v) is 12.4. The third kappa shape index (κ3) is 3.91. The van der Waals surface area contributed by atoms with Gasteiger partial charge in [-0.15, -0.1) is 11.8 Å². The highest BCUT2D eigenvalue weighted by molar-refractivity contribution is 8.00. The van der Waals surface area contributed by atoms with Gasteiger partial charge in [0.15, 0.2) is 5.65 Å². The Morgan fingerprint density at radius 1 is 1.26 bits per heavy atom. The molecule has 0 bridgehead atoms. The van der Waals surface area contributed by atoms with Crippen molar-refractivity contribution in [2.45, 2.75) is 62.5 Å². The fraction of sp³-hybridized carbons (Fsp3) is 0.682. The Morgan fingerprint density at radius 3 is 2.90 bits per heavy atom. The fourth-order valence-electron chi connectivity index (χ4n) is 5.19. The Morgan fingerprint density at radius 2 is 2.13 bits per heavy atom. The van der Waals surface area contributed by atoms with Crippen LogP contribution in [-0.2, 0) is 9.53 Å². The Hall–Kier alpha value is -1.84. The minimum absolute atomic E-state index is 0.00520. The van der Waals surface area contributed by atoms with E-state index in [2.05, 4.69) is 17.9 Å². The van der Waals surface area contributed by atoms with Crippen LogP contribution in [0.25, 0.3) is 5.65 Å². The molecule has 2 aromatic rings. The van der Waals surface area contributed by atoms with Gasteiger partial charge in [0, 0.05) is 50.6 Å². The van der Waals surface area contributed by atoms with E-state index in [1.165, 1.54) is 0 Å². The van der Waals surface area contributed by atoms with E-state index < -0.39 is 0 Å². The Labute approximate surface area is 187 Å². The van der Waals surface area contributed by atoms with Gasteiger partial charge in [-0.3, -0.25) is 4.79 Å². The maximum absolute atomic E-state index is 13.4. The first-order valence-electron chi connectivity index (χ1n) is 11.4. The van der Waals surface area contributed by atoms with Gasteiger partial charge < -0.3 is 20.3 Å². The zero-order chi connectivity index (χ0) is 21.5. The van der Waals surface area contributed by atoms with Gasteiger partial charge in [-0.25, -0.2) is 9.50 Å². The lowest BCUT2D eigenvalue weighted by Crippen LogP contribution is -2.45. The van der Waals surface area contributed by atoms with E-state index in [0.29, 0.717) is 0 Å². The summed E-state index contributed by atoms with van der Waals surface area (Å²) in [5.41, 5.74) is 8.97. The van der Waals surface area contributed by atoms with Crippen LogP contribution in [0.2, 0.25) is 0 Å². The van der Waals surface area contributed by atoms with Crippen molar-refractivity contribution in [3.8, 4) is 0 Å². The van der Waals surface area contributed by atoms with Crippen LogP contribution in [0.5, 0.6) is 0 Å². The summed E-state index contributed by atoms with van der Waals surface area (Å²) in [7, 11) is 1.71. The predicted molar refractivity (Wildman–Crippen MR) is 122 cm³/mol. The summed E-state index contributed by atoms with van der Waals surface area (Å²) in [6.45, 7) is 4.65. The Balaban J connectivity index is 1.43. The number of nitrogens with two attached hydrogens (primary N) is 1. The van der Waals surface area contributed by atoms with Gasteiger partial charge in [-0.2, -0.15) is 5.10 Å². The molecule has 3 fully saturated rings. The number of nitrogens with zero attached hydrogens (tertiary/aromatic N) is 5. The van der Waals surface area contributed by atoms with Gasteiger partial charge in [0.25, 0.3) is 0 Å². The smallest absolute Gasteiger partial charge is 0.238 e. The number of carbonyl (C=O) groups excluding carboxylic acids is 1. The number of anilines is 1. The van der Waals surface area contributed by atoms with Crippen molar-refractivity contribution in [2.75, 3.05) is 37.4 Å². The Kier molecular flexibility index (Phi) is 5.83. The second-order valence-corrected chi connectivity index (χ2v) is 10.3. The number of rotatable bonds is 4. The number of aromatic nitrogens is 3. The molecule has 5 rings (SSSR count). The number of fused-ring (bicyclic) bond motifs is 1. The molecule has 31 heavy (non-hydrogen) atoms. The number of piperidine rings is 1. The first kappa shape index (κ1) is 21.0. The van der Waals surface area contributed by atoms with E-state index in [9.17, 15) is 4.79 Å². The minimum Gasteiger partial charge on any atom is -0.380 e. The standard InChI is InChI=1S/C22H32N6O2S/c1-14-12-28-19(24-21(14)26-9-6-15(23)13-26)11-16(25-28)17-5-3-4-8-27(17)22(29)20-18(30-2)7-10-31-20/h11-12,15,17-18,20H,3-10,13,23H2,1-2H3/t15-,17-,18?,20?/m0/s1. The number of hydrogen-bond donors (Lipinski definition) is 1. The number of methoxy groups -OCH3 is 1. The molecule has 0 saturated carbocycles. The highest BCUT2D eigenvalue weighted by Gasteiger charge is 2.40.